The summed E-state index contributed by atoms with van der Waals surface area (Å²) in [6.07, 6.45) is 1.02. The van der Waals surface area contributed by atoms with Gasteiger partial charge in [-0.05, 0) is 56.7 Å². The zero-order chi connectivity index (χ0) is 21.0. The Hall–Kier alpha value is -2.44. The third-order valence-electron chi connectivity index (χ3n) is 4.62. The first-order chi connectivity index (χ1) is 13.8. The van der Waals surface area contributed by atoms with Gasteiger partial charge in [-0.1, -0.05) is 23.5 Å². The van der Waals surface area contributed by atoms with Gasteiger partial charge in [0.25, 0.3) is 5.91 Å². The van der Waals surface area contributed by atoms with Crippen molar-refractivity contribution in [3.63, 3.8) is 0 Å². The quantitative estimate of drug-likeness (QED) is 0.615. The fourth-order valence-electron chi connectivity index (χ4n) is 3.17. The Kier molecular flexibility index (Phi) is 6.87. The summed E-state index contributed by atoms with van der Waals surface area (Å²) in [6.45, 7) is 7.67. The molecule has 0 bridgehead atoms. The number of aryl methyl sites for hydroxylation is 1. The fourth-order valence-corrected chi connectivity index (χ4v) is 4.24. The summed E-state index contributed by atoms with van der Waals surface area (Å²) in [7, 11) is 4.25. The Morgan fingerprint density at radius 3 is 2.52 bits per heavy atom. The first-order valence-corrected chi connectivity index (χ1v) is 10.9. The van der Waals surface area contributed by atoms with Gasteiger partial charge < -0.3 is 9.64 Å². The number of thiazole rings is 1. The second kappa shape index (κ2) is 9.37. The molecule has 3 aromatic rings. The predicted octanol–water partition coefficient (Wildman–Crippen LogP) is 3.57. The van der Waals surface area contributed by atoms with Crippen LogP contribution in [0.2, 0.25) is 0 Å². The van der Waals surface area contributed by atoms with E-state index in [4.69, 9.17) is 9.72 Å². The monoisotopic (exact) mass is 412 g/mol. The Morgan fingerprint density at radius 1 is 1.17 bits per heavy atom. The summed E-state index contributed by atoms with van der Waals surface area (Å²) >= 11 is 1.58. The average molecular weight is 413 g/mol. The second-order valence-corrected chi connectivity index (χ2v) is 8.89. The maximum atomic E-state index is 13.4. The highest BCUT2D eigenvalue weighted by Gasteiger charge is 2.22. The van der Waals surface area contributed by atoms with Gasteiger partial charge >= 0.3 is 0 Å². The van der Waals surface area contributed by atoms with Gasteiger partial charge in [0.15, 0.2) is 5.13 Å². The normalized spacial score (nSPS) is 11.4. The lowest BCUT2D eigenvalue weighted by molar-refractivity contribution is -0.858. The van der Waals surface area contributed by atoms with Crippen molar-refractivity contribution in [1.29, 1.82) is 0 Å². The molecule has 154 valence electrons. The Bertz CT molecular complexity index is 964. The van der Waals surface area contributed by atoms with Crippen LogP contribution in [0.15, 0.2) is 42.5 Å². The molecule has 2 aromatic carbocycles. The molecule has 5 nitrogen and oxygen atoms in total. The van der Waals surface area contributed by atoms with Gasteiger partial charge in [-0.15, -0.1) is 0 Å². The molecule has 0 unspecified atom stereocenters. The van der Waals surface area contributed by atoms with E-state index < -0.39 is 0 Å². The second-order valence-electron chi connectivity index (χ2n) is 7.88. The van der Waals surface area contributed by atoms with E-state index in [1.54, 1.807) is 11.3 Å². The van der Waals surface area contributed by atoms with Gasteiger partial charge in [-0.25, -0.2) is 4.98 Å². The van der Waals surface area contributed by atoms with Crippen molar-refractivity contribution >= 4 is 32.6 Å². The first kappa shape index (κ1) is 21.3. The summed E-state index contributed by atoms with van der Waals surface area (Å²) in [5.41, 5.74) is 2.75. The molecule has 0 fully saturated rings. The molecular formula is C23H30N3O2S+. The highest BCUT2D eigenvalue weighted by molar-refractivity contribution is 7.22. The van der Waals surface area contributed by atoms with E-state index in [1.165, 1.54) is 4.90 Å². The lowest BCUT2D eigenvalue weighted by Crippen LogP contribution is -3.05. The largest absolute Gasteiger partial charge is 0.491 e. The van der Waals surface area contributed by atoms with Crippen LogP contribution in [0, 0.1) is 6.92 Å². The summed E-state index contributed by atoms with van der Waals surface area (Å²) in [6, 6.07) is 13.5. The summed E-state index contributed by atoms with van der Waals surface area (Å²) < 4.78 is 6.81. The van der Waals surface area contributed by atoms with Crippen molar-refractivity contribution in [3.8, 4) is 5.75 Å². The van der Waals surface area contributed by atoms with Crippen LogP contribution in [0.25, 0.3) is 10.2 Å². The van der Waals surface area contributed by atoms with Gasteiger partial charge in [-0.3, -0.25) is 9.69 Å². The van der Waals surface area contributed by atoms with Crippen LogP contribution >= 0.6 is 11.3 Å². The number of amides is 1. The van der Waals surface area contributed by atoms with Crippen molar-refractivity contribution in [3.05, 3.63) is 53.6 Å². The van der Waals surface area contributed by atoms with E-state index in [0.717, 1.165) is 39.6 Å². The van der Waals surface area contributed by atoms with Crippen molar-refractivity contribution in [2.24, 2.45) is 0 Å². The summed E-state index contributed by atoms with van der Waals surface area (Å²) in [5, 5.41) is 0.760. The lowest BCUT2D eigenvalue weighted by atomic mass is 10.2. The number of hydrogen-bond donors (Lipinski definition) is 1. The zero-order valence-corrected chi connectivity index (χ0v) is 18.7. The standard InChI is InChI=1S/C23H29N3O2S/c1-16(2)28-19-12-10-18(11-13-19)22(27)26(15-7-14-25(4)5)23-24-21-17(3)8-6-9-20(21)29-23/h6,8-13,16H,7,14-15H2,1-5H3/p+1. The number of nitrogens with zero attached hydrogens (tertiary/aromatic N) is 2. The van der Waals surface area contributed by atoms with Gasteiger partial charge in [0, 0.05) is 18.5 Å². The van der Waals surface area contributed by atoms with Crippen LogP contribution in [0.1, 0.15) is 36.2 Å². The molecule has 29 heavy (non-hydrogen) atoms. The molecule has 0 saturated heterocycles. The Labute approximate surface area is 176 Å². The van der Waals surface area contributed by atoms with Crippen LogP contribution in [0.3, 0.4) is 0 Å². The Morgan fingerprint density at radius 2 is 1.90 bits per heavy atom. The molecule has 0 saturated carbocycles. The third-order valence-corrected chi connectivity index (χ3v) is 5.66. The number of rotatable bonds is 8. The molecule has 0 aliphatic rings. The van der Waals surface area contributed by atoms with Crippen LogP contribution in [-0.2, 0) is 0 Å². The molecule has 1 heterocycles. The number of aromatic nitrogens is 1. The number of nitrogens with one attached hydrogen (secondary N) is 1. The number of para-hydroxylation sites is 1. The van der Waals surface area contributed by atoms with E-state index in [2.05, 4.69) is 33.2 Å². The van der Waals surface area contributed by atoms with E-state index >= 15 is 0 Å². The molecule has 0 radical (unpaired) electrons. The molecule has 1 amide bonds. The fraction of sp³-hybridized carbons (Fsp3) is 0.391. The number of quaternary nitrogens is 1. The topological polar surface area (TPSA) is 46.9 Å². The van der Waals surface area contributed by atoms with Gasteiger partial charge in [-0.2, -0.15) is 0 Å². The van der Waals surface area contributed by atoms with Crippen LogP contribution in [-0.4, -0.2) is 44.2 Å². The van der Waals surface area contributed by atoms with Crippen molar-refractivity contribution < 1.29 is 14.4 Å². The van der Waals surface area contributed by atoms with Crippen LogP contribution in [0.4, 0.5) is 5.13 Å². The molecule has 1 N–H and O–H groups in total. The Balaban J connectivity index is 1.89. The number of hydrogen-bond acceptors (Lipinski definition) is 4. The molecular weight excluding hydrogens is 382 g/mol. The average Bonchev–Trinajstić information content (AvgIpc) is 3.10. The molecule has 6 heteroatoms. The van der Waals surface area contributed by atoms with Crippen molar-refractivity contribution in [1.82, 2.24) is 4.98 Å². The van der Waals surface area contributed by atoms with Crippen LogP contribution in [0.5, 0.6) is 5.75 Å². The minimum Gasteiger partial charge on any atom is -0.491 e. The molecule has 0 spiro atoms. The SMILES string of the molecule is Cc1cccc2sc(N(CCC[NH+](C)C)C(=O)c3ccc(OC(C)C)cc3)nc12. The van der Waals surface area contributed by atoms with Crippen LogP contribution < -0.4 is 14.5 Å². The first-order valence-electron chi connectivity index (χ1n) is 10.1. The zero-order valence-electron chi connectivity index (χ0n) is 17.9. The number of carbonyl (C=O) groups excluding carboxylic acids is 1. The minimum absolute atomic E-state index is 0.0217. The maximum absolute atomic E-state index is 13.4. The third kappa shape index (κ3) is 5.34. The number of carbonyl (C=O) groups is 1. The van der Waals surface area contributed by atoms with E-state index in [1.807, 2.05) is 49.1 Å². The van der Waals surface area contributed by atoms with Gasteiger partial charge in [0.2, 0.25) is 0 Å². The maximum Gasteiger partial charge on any atom is 0.260 e. The van der Waals surface area contributed by atoms with Gasteiger partial charge in [0.1, 0.15) is 5.75 Å². The molecule has 0 atom stereocenters. The number of fused-ring (bicyclic) bond motifs is 1. The van der Waals surface area contributed by atoms with Crippen molar-refractivity contribution in [2.45, 2.75) is 33.3 Å². The number of benzene rings is 2. The van der Waals surface area contributed by atoms with E-state index in [9.17, 15) is 4.79 Å². The number of anilines is 1. The summed E-state index contributed by atoms with van der Waals surface area (Å²) in [4.78, 5) is 21.4. The predicted molar refractivity (Wildman–Crippen MR) is 121 cm³/mol. The molecule has 0 aliphatic carbocycles. The lowest BCUT2D eigenvalue weighted by Gasteiger charge is -2.20. The highest BCUT2D eigenvalue weighted by Crippen LogP contribution is 2.31. The molecule has 0 aliphatic heterocycles. The molecule has 1 aromatic heterocycles. The van der Waals surface area contributed by atoms with Crippen molar-refractivity contribution in [2.75, 3.05) is 32.1 Å². The number of ether oxygens (including phenoxy) is 1. The van der Waals surface area contributed by atoms with E-state index in [-0.39, 0.29) is 12.0 Å². The highest BCUT2D eigenvalue weighted by atomic mass is 32.1. The van der Waals surface area contributed by atoms with Gasteiger partial charge in [0.05, 0.1) is 37.0 Å². The summed E-state index contributed by atoms with van der Waals surface area (Å²) in [5.74, 6) is 0.751. The smallest absolute Gasteiger partial charge is 0.260 e. The minimum atomic E-state index is -0.0217. The van der Waals surface area contributed by atoms with E-state index in [0.29, 0.717) is 12.1 Å². The molecule has 3 rings (SSSR count).